The summed E-state index contributed by atoms with van der Waals surface area (Å²) in [7, 11) is 1.59. The monoisotopic (exact) mass is 406 g/mol. The first kappa shape index (κ1) is 20.2. The standard InChI is InChI=1S/C23H26N4O3/c1-12-13(2)30-22(28)16-7-6-14(27-20(12)16)8-15-9-17-18(10-25-15)21(29-5)26-11-19(17)23(3,4)24/h6-7,9-13H,8,24H2,1-5H3/t12-,13+/m0/s1. The Hall–Kier alpha value is -3.06. The van der Waals surface area contributed by atoms with Crippen LogP contribution < -0.4 is 10.5 Å². The van der Waals surface area contributed by atoms with Gasteiger partial charge >= 0.3 is 5.97 Å². The number of nitrogens with zero attached hydrogens (tertiary/aromatic N) is 3. The van der Waals surface area contributed by atoms with Crippen LogP contribution in [0.25, 0.3) is 10.8 Å². The van der Waals surface area contributed by atoms with Crippen LogP contribution in [0.1, 0.15) is 66.6 Å². The van der Waals surface area contributed by atoms with E-state index in [1.54, 1.807) is 25.6 Å². The van der Waals surface area contributed by atoms with Gasteiger partial charge in [0.2, 0.25) is 5.88 Å². The fourth-order valence-corrected chi connectivity index (χ4v) is 3.80. The lowest BCUT2D eigenvalue weighted by molar-refractivity contribution is 0.0234. The lowest BCUT2D eigenvalue weighted by Crippen LogP contribution is -2.29. The summed E-state index contributed by atoms with van der Waals surface area (Å²) in [5.74, 6) is 0.250. The molecule has 0 aromatic carbocycles. The molecule has 156 valence electrons. The molecule has 0 bridgehead atoms. The SMILES string of the molecule is COc1ncc(C(C)(C)N)c2cc(Cc3ccc4c(n3)[C@@H](C)[C@@H](C)OC4=O)ncc12. The van der Waals surface area contributed by atoms with Crippen molar-refractivity contribution >= 4 is 16.7 Å². The Balaban J connectivity index is 1.76. The van der Waals surface area contributed by atoms with Crippen molar-refractivity contribution in [1.82, 2.24) is 15.0 Å². The van der Waals surface area contributed by atoms with Crippen LogP contribution in [0.4, 0.5) is 0 Å². The first-order chi connectivity index (χ1) is 14.2. The van der Waals surface area contributed by atoms with Gasteiger partial charge in [-0.25, -0.2) is 9.78 Å². The van der Waals surface area contributed by atoms with Gasteiger partial charge in [-0.05, 0) is 49.9 Å². The van der Waals surface area contributed by atoms with Crippen LogP contribution in [0.3, 0.4) is 0 Å². The molecule has 0 radical (unpaired) electrons. The minimum atomic E-state index is -0.563. The molecule has 0 fully saturated rings. The quantitative estimate of drug-likeness (QED) is 0.662. The summed E-state index contributed by atoms with van der Waals surface area (Å²) in [5, 5.41) is 1.78. The summed E-state index contributed by atoms with van der Waals surface area (Å²) in [4.78, 5) is 25.9. The van der Waals surface area contributed by atoms with Gasteiger partial charge in [0.25, 0.3) is 0 Å². The molecule has 7 nitrogen and oxygen atoms in total. The number of rotatable bonds is 4. The molecule has 3 aromatic rings. The third-order valence-corrected chi connectivity index (χ3v) is 5.67. The summed E-state index contributed by atoms with van der Waals surface area (Å²) in [6, 6.07) is 5.67. The number of cyclic esters (lactones) is 1. The first-order valence-corrected chi connectivity index (χ1v) is 10.0. The summed E-state index contributed by atoms with van der Waals surface area (Å²) in [6.07, 6.45) is 3.87. The maximum Gasteiger partial charge on any atom is 0.340 e. The van der Waals surface area contributed by atoms with E-state index in [4.69, 9.17) is 20.2 Å². The molecular formula is C23H26N4O3. The zero-order chi connectivity index (χ0) is 21.6. The van der Waals surface area contributed by atoms with Gasteiger partial charge in [0.1, 0.15) is 6.10 Å². The van der Waals surface area contributed by atoms with Gasteiger partial charge in [0, 0.05) is 41.7 Å². The van der Waals surface area contributed by atoms with Gasteiger partial charge in [0.05, 0.1) is 23.8 Å². The Labute approximate surface area is 175 Å². The normalized spacial score (nSPS) is 18.8. The fourth-order valence-electron chi connectivity index (χ4n) is 3.80. The van der Waals surface area contributed by atoms with Gasteiger partial charge in [-0.1, -0.05) is 6.92 Å². The van der Waals surface area contributed by atoms with E-state index in [1.165, 1.54) is 0 Å². The second kappa shape index (κ2) is 7.32. The Morgan fingerprint density at radius 2 is 1.90 bits per heavy atom. The predicted octanol–water partition coefficient (Wildman–Crippen LogP) is 3.48. The summed E-state index contributed by atoms with van der Waals surface area (Å²) in [6.45, 7) is 7.81. The van der Waals surface area contributed by atoms with Crippen LogP contribution in [-0.4, -0.2) is 34.1 Å². The highest BCUT2D eigenvalue weighted by atomic mass is 16.5. The van der Waals surface area contributed by atoms with E-state index in [1.807, 2.05) is 39.8 Å². The van der Waals surface area contributed by atoms with Gasteiger partial charge in [-0.2, -0.15) is 0 Å². The van der Waals surface area contributed by atoms with Crippen molar-refractivity contribution in [2.45, 2.75) is 51.7 Å². The molecule has 30 heavy (non-hydrogen) atoms. The molecule has 0 saturated heterocycles. The molecule has 0 aliphatic carbocycles. The molecule has 2 N–H and O–H groups in total. The maximum absolute atomic E-state index is 12.1. The Morgan fingerprint density at radius 1 is 1.13 bits per heavy atom. The number of nitrogens with two attached hydrogens (primary N) is 1. The predicted molar refractivity (Wildman–Crippen MR) is 114 cm³/mol. The molecule has 3 aromatic heterocycles. The molecule has 0 spiro atoms. The molecule has 0 unspecified atom stereocenters. The number of fused-ring (bicyclic) bond motifs is 2. The van der Waals surface area contributed by atoms with Crippen LogP contribution in [0, 0.1) is 0 Å². The van der Waals surface area contributed by atoms with Crippen LogP contribution >= 0.6 is 0 Å². The summed E-state index contributed by atoms with van der Waals surface area (Å²) < 4.78 is 10.8. The average molecular weight is 406 g/mol. The number of ether oxygens (including phenoxy) is 2. The fraction of sp³-hybridized carbons (Fsp3) is 0.391. The van der Waals surface area contributed by atoms with Gasteiger partial charge in [-0.3, -0.25) is 9.97 Å². The highest BCUT2D eigenvalue weighted by molar-refractivity contribution is 5.92. The second-order valence-electron chi connectivity index (χ2n) is 8.44. The van der Waals surface area contributed by atoms with Gasteiger partial charge < -0.3 is 15.2 Å². The van der Waals surface area contributed by atoms with E-state index >= 15 is 0 Å². The maximum atomic E-state index is 12.1. The smallest absolute Gasteiger partial charge is 0.340 e. The zero-order valence-corrected chi connectivity index (χ0v) is 17.9. The van der Waals surface area contributed by atoms with Crippen LogP contribution in [0.2, 0.25) is 0 Å². The van der Waals surface area contributed by atoms with E-state index in [0.29, 0.717) is 17.9 Å². The van der Waals surface area contributed by atoms with E-state index in [2.05, 4.69) is 9.97 Å². The van der Waals surface area contributed by atoms with Crippen LogP contribution in [0.5, 0.6) is 5.88 Å². The second-order valence-corrected chi connectivity index (χ2v) is 8.44. The van der Waals surface area contributed by atoms with Gasteiger partial charge in [-0.15, -0.1) is 0 Å². The first-order valence-electron chi connectivity index (χ1n) is 10.0. The number of methoxy groups -OCH3 is 1. The third kappa shape index (κ3) is 3.50. The number of hydrogen-bond donors (Lipinski definition) is 1. The summed E-state index contributed by atoms with van der Waals surface area (Å²) >= 11 is 0. The molecular weight excluding hydrogens is 380 g/mol. The van der Waals surface area contributed by atoms with Crippen molar-refractivity contribution in [3.8, 4) is 5.88 Å². The molecule has 4 heterocycles. The van der Waals surface area contributed by atoms with Crippen molar-refractivity contribution in [2.24, 2.45) is 5.73 Å². The number of carbonyl (C=O) groups is 1. The molecule has 4 rings (SSSR count). The van der Waals surface area contributed by atoms with Crippen molar-refractivity contribution in [1.29, 1.82) is 0 Å². The largest absolute Gasteiger partial charge is 0.481 e. The number of hydrogen-bond acceptors (Lipinski definition) is 7. The lowest BCUT2D eigenvalue weighted by Gasteiger charge is -2.27. The van der Waals surface area contributed by atoms with Crippen molar-refractivity contribution in [3.05, 3.63) is 58.8 Å². The van der Waals surface area contributed by atoms with E-state index in [9.17, 15) is 4.79 Å². The van der Waals surface area contributed by atoms with Crippen LogP contribution in [-0.2, 0) is 16.7 Å². The Morgan fingerprint density at radius 3 is 2.60 bits per heavy atom. The number of esters is 1. The Kier molecular flexibility index (Phi) is 4.94. The third-order valence-electron chi connectivity index (χ3n) is 5.67. The highest BCUT2D eigenvalue weighted by Crippen LogP contribution is 2.32. The van der Waals surface area contributed by atoms with Crippen molar-refractivity contribution in [2.75, 3.05) is 7.11 Å². The van der Waals surface area contributed by atoms with E-state index < -0.39 is 5.54 Å². The Bertz CT molecular complexity index is 1140. The van der Waals surface area contributed by atoms with Gasteiger partial charge in [0.15, 0.2) is 0 Å². The van der Waals surface area contributed by atoms with Crippen molar-refractivity contribution in [3.63, 3.8) is 0 Å². The highest BCUT2D eigenvalue weighted by Gasteiger charge is 2.31. The zero-order valence-electron chi connectivity index (χ0n) is 17.9. The van der Waals surface area contributed by atoms with E-state index in [0.717, 1.165) is 33.4 Å². The molecule has 0 saturated carbocycles. The minimum Gasteiger partial charge on any atom is -0.481 e. The molecule has 0 amide bonds. The van der Waals surface area contributed by atoms with Crippen LogP contribution in [0.15, 0.2) is 30.6 Å². The molecule has 2 atom stereocenters. The summed E-state index contributed by atoms with van der Waals surface area (Å²) in [5.41, 5.74) is 9.77. The van der Waals surface area contributed by atoms with E-state index in [-0.39, 0.29) is 18.0 Å². The molecule has 1 aliphatic heterocycles. The van der Waals surface area contributed by atoms with Crippen molar-refractivity contribution < 1.29 is 14.3 Å². The molecule has 1 aliphatic rings. The number of aromatic nitrogens is 3. The number of pyridine rings is 3. The average Bonchev–Trinajstić information content (AvgIpc) is 2.70. The lowest BCUT2D eigenvalue weighted by atomic mass is 9.92. The molecule has 7 heteroatoms. The minimum absolute atomic E-state index is 0.0437. The number of carbonyl (C=O) groups excluding carboxylic acids is 1. The topological polar surface area (TPSA) is 100 Å².